The highest BCUT2D eigenvalue weighted by Gasteiger charge is 2.22. The smallest absolute Gasteiger partial charge is 0.168 e. The number of fused-ring (bicyclic) bond motifs is 1. The summed E-state index contributed by atoms with van der Waals surface area (Å²) in [5.41, 5.74) is 0.326. The summed E-state index contributed by atoms with van der Waals surface area (Å²) in [7, 11) is 0. The van der Waals surface area contributed by atoms with Crippen LogP contribution in [0.25, 0.3) is 0 Å². The fraction of sp³-hybridized carbons (Fsp3) is 0.400. The Morgan fingerprint density at radius 1 is 1.47 bits per heavy atom. The van der Waals surface area contributed by atoms with E-state index in [2.05, 4.69) is 5.32 Å². The highest BCUT2D eigenvalue weighted by molar-refractivity contribution is 5.38. The molecular weight excluding hydrogens is 204 g/mol. The number of rotatable bonds is 1. The van der Waals surface area contributed by atoms with Gasteiger partial charge in [0.25, 0.3) is 0 Å². The molecule has 82 valence electrons. The lowest BCUT2D eigenvalue weighted by atomic mass is 10.1. The maximum atomic E-state index is 13.3. The molecule has 1 aromatic carbocycles. The Kier molecular flexibility index (Phi) is 2.83. The average molecular weight is 215 g/mol. The Morgan fingerprint density at radius 2 is 2.27 bits per heavy atom. The average Bonchev–Trinajstić information content (AvgIpc) is 2.39. The molecule has 0 aliphatic carbocycles. The topological polar surface area (TPSA) is 41.5 Å². The first kappa shape index (κ1) is 10.3. The minimum atomic E-state index is -0.729. The number of ether oxygens (including phenoxy) is 1. The SMILES string of the molecule is OCC1NCCOc2c(F)cc(F)cc21. The maximum absolute atomic E-state index is 13.3. The molecule has 3 nitrogen and oxygen atoms in total. The molecule has 1 heterocycles. The van der Waals surface area contributed by atoms with Crippen molar-refractivity contribution in [2.45, 2.75) is 6.04 Å². The van der Waals surface area contributed by atoms with Gasteiger partial charge in [0.2, 0.25) is 0 Å². The molecule has 0 saturated heterocycles. The van der Waals surface area contributed by atoms with E-state index in [1.165, 1.54) is 6.07 Å². The summed E-state index contributed by atoms with van der Waals surface area (Å²) in [4.78, 5) is 0. The highest BCUT2D eigenvalue weighted by Crippen LogP contribution is 2.30. The quantitative estimate of drug-likeness (QED) is 0.733. The minimum absolute atomic E-state index is 0.0282. The van der Waals surface area contributed by atoms with Crippen LogP contribution in [0.15, 0.2) is 12.1 Å². The van der Waals surface area contributed by atoms with Crippen molar-refractivity contribution in [2.24, 2.45) is 0 Å². The van der Waals surface area contributed by atoms with Crippen molar-refractivity contribution >= 4 is 0 Å². The summed E-state index contributed by atoms with van der Waals surface area (Å²) in [5, 5.41) is 12.0. The fourth-order valence-corrected chi connectivity index (χ4v) is 1.65. The Labute approximate surface area is 85.7 Å². The van der Waals surface area contributed by atoms with Crippen LogP contribution in [0, 0.1) is 11.6 Å². The molecule has 1 aliphatic rings. The minimum Gasteiger partial charge on any atom is -0.489 e. The van der Waals surface area contributed by atoms with E-state index < -0.39 is 17.7 Å². The van der Waals surface area contributed by atoms with Crippen molar-refractivity contribution < 1.29 is 18.6 Å². The van der Waals surface area contributed by atoms with E-state index in [1.54, 1.807) is 0 Å². The number of hydrogen-bond acceptors (Lipinski definition) is 3. The van der Waals surface area contributed by atoms with Crippen molar-refractivity contribution in [3.8, 4) is 5.75 Å². The first-order valence-electron chi connectivity index (χ1n) is 4.68. The molecule has 1 aromatic rings. The molecule has 0 saturated carbocycles. The van der Waals surface area contributed by atoms with Gasteiger partial charge in [0.15, 0.2) is 11.6 Å². The predicted molar refractivity (Wildman–Crippen MR) is 49.7 cm³/mol. The second-order valence-corrected chi connectivity index (χ2v) is 3.34. The lowest BCUT2D eigenvalue weighted by Crippen LogP contribution is -2.25. The van der Waals surface area contributed by atoms with E-state index in [0.717, 1.165) is 6.07 Å². The summed E-state index contributed by atoms with van der Waals surface area (Å²) >= 11 is 0. The maximum Gasteiger partial charge on any atom is 0.168 e. The normalized spacial score (nSPS) is 20.3. The molecule has 0 bridgehead atoms. The van der Waals surface area contributed by atoms with Crippen LogP contribution in [-0.2, 0) is 0 Å². The Hall–Kier alpha value is -1.20. The van der Waals surface area contributed by atoms with Gasteiger partial charge in [-0.1, -0.05) is 0 Å². The van der Waals surface area contributed by atoms with Crippen molar-refractivity contribution in [2.75, 3.05) is 19.8 Å². The summed E-state index contributed by atoms with van der Waals surface area (Å²) in [6, 6.07) is 1.48. The Bertz CT molecular complexity index is 371. The predicted octanol–water partition coefficient (Wildman–Crippen LogP) is 0.980. The van der Waals surface area contributed by atoms with Gasteiger partial charge in [-0.05, 0) is 6.07 Å². The summed E-state index contributed by atoms with van der Waals surface area (Å²) in [5.74, 6) is -1.37. The molecule has 1 unspecified atom stereocenters. The molecule has 2 rings (SSSR count). The van der Waals surface area contributed by atoms with Gasteiger partial charge in [0.1, 0.15) is 12.4 Å². The van der Waals surface area contributed by atoms with Crippen LogP contribution in [0.5, 0.6) is 5.75 Å². The zero-order valence-corrected chi connectivity index (χ0v) is 7.96. The van der Waals surface area contributed by atoms with Gasteiger partial charge >= 0.3 is 0 Å². The second kappa shape index (κ2) is 4.12. The fourth-order valence-electron chi connectivity index (χ4n) is 1.65. The van der Waals surface area contributed by atoms with Gasteiger partial charge in [0, 0.05) is 18.2 Å². The van der Waals surface area contributed by atoms with E-state index in [-0.39, 0.29) is 12.4 Å². The first-order chi connectivity index (χ1) is 7.22. The third kappa shape index (κ3) is 1.93. The lowest BCUT2D eigenvalue weighted by Gasteiger charge is -2.14. The zero-order chi connectivity index (χ0) is 10.8. The second-order valence-electron chi connectivity index (χ2n) is 3.34. The number of nitrogens with one attached hydrogen (secondary N) is 1. The van der Waals surface area contributed by atoms with Crippen LogP contribution < -0.4 is 10.1 Å². The van der Waals surface area contributed by atoms with E-state index in [9.17, 15) is 8.78 Å². The molecule has 0 aromatic heterocycles. The molecule has 0 amide bonds. The van der Waals surface area contributed by atoms with Gasteiger partial charge in [-0.2, -0.15) is 0 Å². The monoisotopic (exact) mass is 215 g/mol. The molecule has 1 atom stereocenters. The van der Waals surface area contributed by atoms with Gasteiger partial charge < -0.3 is 15.2 Å². The molecule has 1 aliphatic heterocycles. The van der Waals surface area contributed by atoms with Crippen LogP contribution in [-0.4, -0.2) is 24.9 Å². The van der Waals surface area contributed by atoms with Crippen molar-refractivity contribution in [3.05, 3.63) is 29.3 Å². The number of benzene rings is 1. The van der Waals surface area contributed by atoms with Gasteiger partial charge in [-0.25, -0.2) is 8.78 Å². The Morgan fingerprint density at radius 3 is 3.00 bits per heavy atom. The highest BCUT2D eigenvalue weighted by atomic mass is 19.1. The molecule has 0 radical (unpaired) electrons. The standard InChI is InChI=1S/C10H11F2NO2/c11-6-3-7-9(5-14)13-1-2-15-10(7)8(12)4-6/h3-4,9,13-14H,1-2,5H2. The van der Waals surface area contributed by atoms with E-state index in [1.807, 2.05) is 0 Å². The van der Waals surface area contributed by atoms with Crippen LogP contribution in [0.1, 0.15) is 11.6 Å². The molecule has 15 heavy (non-hydrogen) atoms. The molecule has 5 heteroatoms. The van der Waals surface area contributed by atoms with Crippen molar-refractivity contribution in [1.82, 2.24) is 5.32 Å². The summed E-state index contributed by atoms with van der Waals surface area (Å²) in [6.45, 7) is 0.562. The van der Waals surface area contributed by atoms with Gasteiger partial charge in [-0.15, -0.1) is 0 Å². The summed E-state index contributed by atoms with van der Waals surface area (Å²) < 4.78 is 31.5. The van der Waals surface area contributed by atoms with Crippen LogP contribution in [0.2, 0.25) is 0 Å². The van der Waals surface area contributed by atoms with Gasteiger partial charge in [-0.3, -0.25) is 0 Å². The summed E-state index contributed by atoms with van der Waals surface area (Å²) in [6.07, 6.45) is 0. The van der Waals surface area contributed by atoms with E-state index in [0.29, 0.717) is 18.7 Å². The van der Waals surface area contributed by atoms with Crippen molar-refractivity contribution in [1.29, 1.82) is 0 Å². The molecular formula is C10H11F2NO2. The van der Waals surface area contributed by atoms with Crippen LogP contribution in [0.4, 0.5) is 8.78 Å². The number of hydrogen-bond donors (Lipinski definition) is 2. The van der Waals surface area contributed by atoms with Crippen molar-refractivity contribution in [3.63, 3.8) is 0 Å². The largest absolute Gasteiger partial charge is 0.489 e. The number of aliphatic hydroxyl groups excluding tert-OH is 1. The molecule has 0 spiro atoms. The lowest BCUT2D eigenvalue weighted by molar-refractivity contribution is 0.245. The van der Waals surface area contributed by atoms with Crippen LogP contribution in [0.3, 0.4) is 0 Å². The first-order valence-corrected chi connectivity index (χ1v) is 4.68. The third-order valence-electron chi connectivity index (χ3n) is 2.33. The Balaban J connectivity index is 2.50. The van der Waals surface area contributed by atoms with E-state index >= 15 is 0 Å². The molecule has 2 N–H and O–H groups in total. The van der Waals surface area contributed by atoms with Gasteiger partial charge in [0.05, 0.1) is 12.6 Å². The van der Waals surface area contributed by atoms with Crippen LogP contribution >= 0.6 is 0 Å². The number of halogens is 2. The molecule has 0 fully saturated rings. The van der Waals surface area contributed by atoms with E-state index in [4.69, 9.17) is 9.84 Å². The number of aliphatic hydroxyl groups is 1. The third-order valence-corrected chi connectivity index (χ3v) is 2.33. The zero-order valence-electron chi connectivity index (χ0n) is 7.96.